The van der Waals surface area contributed by atoms with Crippen molar-refractivity contribution < 1.29 is 14.7 Å². The van der Waals surface area contributed by atoms with E-state index in [2.05, 4.69) is 10.2 Å². The van der Waals surface area contributed by atoms with Gasteiger partial charge in [0.05, 0.1) is 12.5 Å². The first kappa shape index (κ1) is 14.5. The first-order valence-corrected chi connectivity index (χ1v) is 7.35. The van der Waals surface area contributed by atoms with Crippen LogP contribution in [0.5, 0.6) is 0 Å². The van der Waals surface area contributed by atoms with E-state index in [1.54, 1.807) is 0 Å². The van der Waals surface area contributed by atoms with Crippen LogP contribution in [-0.4, -0.2) is 54.0 Å². The second-order valence-corrected chi connectivity index (χ2v) is 5.66. The summed E-state index contributed by atoms with van der Waals surface area (Å²) in [4.78, 5) is 24.7. The van der Waals surface area contributed by atoms with Gasteiger partial charge in [-0.3, -0.25) is 14.5 Å². The zero-order chi connectivity index (χ0) is 13.7. The number of rotatable bonds is 7. The van der Waals surface area contributed by atoms with E-state index in [0.29, 0.717) is 25.4 Å². The Morgan fingerprint density at radius 2 is 2.16 bits per heavy atom. The first-order valence-electron chi connectivity index (χ1n) is 7.35. The van der Waals surface area contributed by atoms with Gasteiger partial charge in [0.2, 0.25) is 5.91 Å². The molecular weight excluding hydrogens is 244 g/mol. The number of carbonyl (C=O) groups excluding carboxylic acids is 2. The average molecular weight is 268 g/mol. The molecule has 2 fully saturated rings. The smallest absolute Gasteiger partial charge is 0.224 e. The fourth-order valence-electron chi connectivity index (χ4n) is 2.87. The summed E-state index contributed by atoms with van der Waals surface area (Å²) in [7, 11) is 0. The predicted octanol–water partition coefficient (Wildman–Crippen LogP) is 0.319. The number of hydrogen-bond donors (Lipinski definition) is 2. The number of hydrogen-bond acceptors (Lipinski definition) is 4. The van der Waals surface area contributed by atoms with Gasteiger partial charge in [-0.25, -0.2) is 0 Å². The van der Waals surface area contributed by atoms with Gasteiger partial charge in [-0.05, 0) is 38.8 Å². The molecule has 1 saturated heterocycles. The molecule has 0 aromatic rings. The Morgan fingerprint density at radius 1 is 1.37 bits per heavy atom. The molecule has 1 heterocycles. The highest BCUT2D eigenvalue weighted by Gasteiger charge is 2.32. The molecule has 0 aromatic carbocycles. The minimum atomic E-state index is -0.0650. The Morgan fingerprint density at radius 3 is 2.84 bits per heavy atom. The highest BCUT2D eigenvalue weighted by molar-refractivity contribution is 5.96. The molecule has 19 heavy (non-hydrogen) atoms. The van der Waals surface area contributed by atoms with Gasteiger partial charge in [-0.2, -0.15) is 0 Å². The number of aliphatic hydroxyl groups excluding tert-OH is 1. The van der Waals surface area contributed by atoms with Crippen LogP contribution >= 0.6 is 0 Å². The minimum absolute atomic E-state index is 0.0361. The maximum atomic E-state index is 11.6. The highest BCUT2D eigenvalue weighted by atomic mass is 16.3. The third-order valence-corrected chi connectivity index (χ3v) is 4.20. The first-order chi connectivity index (χ1) is 9.20. The van der Waals surface area contributed by atoms with Crippen LogP contribution in [0.25, 0.3) is 0 Å². The molecule has 0 spiro atoms. The van der Waals surface area contributed by atoms with E-state index < -0.39 is 0 Å². The molecule has 1 aliphatic carbocycles. The lowest BCUT2D eigenvalue weighted by atomic mass is 9.83. The fourth-order valence-corrected chi connectivity index (χ4v) is 2.87. The molecule has 2 N–H and O–H groups in total. The van der Waals surface area contributed by atoms with E-state index >= 15 is 0 Å². The summed E-state index contributed by atoms with van der Waals surface area (Å²) in [6.07, 6.45) is 5.14. The zero-order valence-electron chi connectivity index (χ0n) is 11.4. The van der Waals surface area contributed by atoms with E-state index in [4.69, 9.17) is 0 Å². The molecule has 1 saturated carbocycles. The van der Waals surface area contributed by atoms with E-state index in [1.165, 1.54) is 6.42 Å². The Labute approximate surface area is 114 Å². The van der Waals surface area contributed by atoms with Crippen LogP contribution < -0.4 is 5.32 Å². The van der Waals surface area contributed by atoms with Gasteiger partial charge in [0, 0.05) is 25.4 Å². The number of amides is 1. The van der Waals surface area contributed by atoms with Crippen molar-refractivity contribution in [1.29, 1.82) is 0 Å². The highest BCUT2D eigenvalue weighted by Crippen LogP contribution is 2.22. The van der Waals surface area contributed by atoms with Gasteiger partial charge >= 0.3 is 0 Å². The number of likely N-dealkylation sites (tertiary alicyclic amines) is 1. The Hall–Kier alpha value is -0.940. The molecule has 1 unspecified atom stereocenters. The topological polar surface area (TPSA) is 69.6 Å². The van der Waals surface area contributed by atoms with Crippen molar-refractivity contribution in [3.05, 3.63) is 0 Å². The molecule has 2 aliphatic rings. The maximum Gasteiger partial charge on any atom is 0.224 e. The van der Waals surface area contributed by atoms with Crippen LogP contribution in [0.2, 0.25) is 0 Å². The number of Topliss-reactive ketones (excluding diaryl/α,β-unsaturated/α-hetero) is 1. The second-order valence-electron chi connectivity index (χ2n) is 5.66. The van der Waals surface area contributed by atoms with Crippen molar-refractivity contribution in [3.63, 3.8) is 0 Å². The SMILES string of the molecule is O=C1CC(C(=O)NCCCCN2CCCC2CO)C1. The van der Waals surface area contributed by atoms with Crippen LogP contribution in [-0.2, 0) is 9.59 Å². The number of aliphatic hydroxyl groups is 1. The lowest BCUT2D eigenvalue weighted by Gasteiger charge is -2.24. The molecule has 1 aliphatic heterocycles. The van der Waals surface area contributed by atoms with Gasteiger partial charge in [-0.15, -0.1) is 0 Å². The molecule has 0 bridgehead atoms. The molecule has 1 atom stereocenters. The largest absolute Gasteiger partial charge is 0.395 e. The minimum Gasteiger partial charge on any atom is -0.395 e. The predicted molar refractivity (Wildman–Crippen MR) is 71.7 cm³/mol. The molecule has 5 heteroatoms. The summed E-state index contributed by atoms with van der Waals surface area (Å²) < 4.78 is 0. The molecule has 2 rings (SSSR count). The summed E-state index contributed by atoms with van der Waals surface area (Å²) in [5.74, 6) is 0.170. The van der Waals surface area contributed by atoms with Gasteiger partial charge < -0.3 is 10.4 Å². The normalized spacial score (nSPS) is 24.5. The Balaban J connectivity index is 1.50. The van der Waals surface area contributed by atoms with Crippen LogP contribution in [0.15, 0.2) is 0 Å². The Bertz CT molecular complexity index is 325. The van der Waals surface area contributed by atoms with Crippen molar-refractivity contribution in [2.75, 3.05) is 26.2 Å². The van der Waals surface area contributed by atoms with Crippen molar-refractivity contribution in [2.24, 2.45) is 5.92 Å². The summed E-state index contributed by atoms with van der Waals surface area (Å²) in [6, 6.07) is 0.343. The molecule has 1 amide bonds. The maximum absolute atomic E-state index is 11.6. The van der Waals surface area contributed by atoms with Crippen molar-refractivity contribution in [1.82, 2.24) is 10.2 Å². The van der Waals surface area contributed by atoms with Crippen LogP contribution in [0, 0.1) is 5.92 Å². The van der Waals surface area contributed by atoms with Crippen molar-refractivity contribution in [3.8, 4) is 0 Å². The summed E-state index contributed by atoms with van der Waals surface area (Å²) in [5.41, 5.74) is 0. The summed E-state index contributed by atoms with van der Waals surface area (Å²) >= 11 is 0. The quantitative estimate of drug-likeness (QED) is 0.652. The van der Waals surface area contributed by atoms with E-state index in [9.17, 15) is 14.7 Å². The molecule has 5 nitrogen and oxygen atoms in total. The molecular formula is C14H24N2O3. The molecule has 108 valence electrons. The average Bonchev–Trinajstić information content (AvgIpc) is 2.81. The van der Waals surface area contributed by atoms with Crippen molar-refractivity contribution in [2.45, 2.75) is 44.6 Å². The summed E-state index contributed by atoms with van der Waals surface area (Å²) in [5, 5.41) is 12.1. The zero-order valence-corrected chi connectivity index (χ0v) is 11.4. The number of unbranched alkanes of at least 4 members (excludes halogenated alkanes) is 1. The summed E-state index contributed by atoms with van der Waals surface area (Å²) in [6.45, 7) is 3.04. The molecule has 0 aromatic heterocycles. The fraction of sp³-hybridized carbons (Fsp3) is 0.857. The van der Waals surface area contributed by atoms with Crippen LogP contribution in [0.1, 0.15) is 38.5 Å². The molecule has 0 radical (unpaired) electrons. The van der Waals surface area contributed by atoms with Crippen LogP contribution in [0.3, 0.4) is 0 Å². The van der Waals surface area contributed by atoms with E-state index in [1.807, 2.05) is 0 Å². The standard InChI is InChI=1S/C14H24N2O3/c17-10-12-4-3-7-16(12)6-2-1-5-15-14(19)11-8-13(18)9-11/h11-12,17H,1-10H2,(H,15,19). The van der Waals surface area contributed by atoms with Gasteiger partial charge in [0.1, 0.15) is 5.78 Å². The van der Waals surface area contributed by atoms with Crippen molar-refractivity contribution >= 4 is 11.7 Å². The number of nitrogens with zero attached hydrogens (tertiary/aromatic N) is 1. The Kier molecular flexibility index (Phi) is 5.34. The van der Waals surface area contributed by atoms with Gasteiger partial charge in [-0.1, -0.05) is 0 Å². The number of nitrogens with one attached hydrogen (secondary N) is 1. The lowest BCUT2D eigenvalue weighted by molar-refractivity contribution is -0.137. The van der Waals surface area contributed by atoms with E-state index in [0.717, 1.165) is 32.4 Å². The second kappa shape index (κ2) is 7.01. The number of ketones is 1. The monoisotopic (exact) mass is 268 g/mol. The number of carbonyl (C=O) groups is 2. The lowest BCUT2D eigenvalue weighted by Crippen LogP contribution is -2.39. The third-order valence-electron chi connectivity index (χ3n) is 4.20. The third kappa shape index (κ3) is 4.01. The van der Waals surface area contributed by atoms with E-state index in [-0.39, 0.29) is 24.2 Å². The van der Waals surface area contributed by atoms with Gasteiger partial charge in [0.25, 0.3) is 0 Å². The van der Waals surface area contributed by atoms with Crippen LogP contribution in [0.4, 0.5) is 0 Å². The van der Waals surface area contributed by atoms with Gasteiger partial charge in [0.15, 0.2) is 0 Å².